The lowest BCUT2D eigenvalue weighted by atomic mass is 10.0. The van der Waals surface area contributed by atoms with E-state index in [1.54, 1.807) is 11.3 Å². The van der Waals surface area contributed by atoms with Crippen molar-refractivity contribution in [2.75, 3.05) is 6.54 Å². The number of thiazole rings is 1. The lowest BCUT2D eigenvalue weighted by molar-refractivity contribution is 0.527. The minimum Gasteiger partial charge on any atom is -0.310 e. The summed E-state index contributed by atoms with van der Waals surface area (Å²) in [5.41, 5.74) is 4.00. The van der Waals surface area contributed by atoms with Crippen molar-refractivity contribution in [1.82, 2.24) is 10.3 Å². The summed E-state index contributed by atoms with van der Waals surface area (Å²) < 4.78 is 0. The van der Waals surface area contributed by atoms with Crippen LogP contribution in [-0.2, 0) is 6.42 Å². The fourth-order valence-electron chi connectivity index (χ4n) is 2.14. The Morgan fingerprint density at radius 2 is 2.05 bits per heavy atom. The summed E-state index contributed by atoms with van der Waals surface area (Å²) >= 11 is 3.62. The van der Waals surface area contributed by atoms with Crippen LogP contribution in [0.25, 0.3) is 0 Å². The summed E-state index contributed by atoms with van der Waals surface area (Å²) in [7, 11) is 0. The Bertz CT molecular complexity index is 508. The van der Waals surface area contributed by atoms with Gasteiger partial charge in [0, 0.05) is 17.3 Å². The van der Waals surface area contributed by atoms with E-state index in [4.69, 9.17) is 0 Å². The van der Waals surface area contributed by atoms with Gasteiger partial charge < -0.3 is 5.32 Å². The van der Waals surface area contributed by atoms with Crippen molar-refractivity contribution in [1.29, 1.82) is 0 Å². The molecule has 4 heteroatoms. The fourth-order valence-corrected chi connectivity index (χ4v) is 4.02. The number of rotatable bonds is 6. The van der Waals surface area contributed by atoms with Gasteiger partial charge in [0.2, 0.25) is 0 Å². The molecule has 1 unspecified atom stereocenters. The molecule has 0 saturated carbocycles. The third kappa shape index (κ3) is 3.65. The Hall–Kier alpha value is -0.710. The van der Waals surface area contributed by atoms with E-state index in [0.29, 0.717) is 6.04 Å². The molecule has 0 aromatic carbocycles. The van der Waals surface area contributed by atoms with Gasteiger partial charge in [0.15, 0.2) is 0 Å². The molecule has 1 atom stereocenters. The van der Waals surface area contributed by atoms with Crippen molar-refractivity contribution in [3.05, 3.63) is 37.5 Å². The van der Waals surface area contributed by atoms with Gasteiger partial charge in [0.25, 0.3) is 0 Å². The first-order valence-corrected chi connectivity index (χ1v) is 8.56. The number of aromatic nitrogens is 1. The van der Waals surface area contributed by atoms with E-state index in [1.165, 1.54) is 26.7 Å². The maximum atomic E-state index is 4.68. The zero-order chi connectivity index (χ0) is 13.8. The van der Waals surface area contributed by atoms with Crippen molar-refractivity contribution < 1.29 is 0 Å². The topological polar surface area (TPSA) is 24.9 Å². The fraction of sp³-hybridized carbons (Fsp3) is 0.533. The summed E-state index contributed by atoms with van der Waals surface area (Å²) in [6, 6.07) is 0.399. The predicted octanol–water partition coefficient (Wildman–Crippen LogP) is 4.41. The Morgan fingerprint density at radius 1 is 1.26 bits per heavy atom. The van der Waals surface area contributed by atoms with Gasteiger partial charge in [-0.1, -0.05) is 6.92 Å². The van der Waals surface area contributed by atoms with Crippen LogP contribution in [0, 0.1) is 20.8 Å². The van der Waals surface area contributed by atoms with E-state index in [-0.39, 0.29) is 0 Å². The molecule has 2 aromatic rings. The van der Waals surface area contributed by atoms with Crippen LogP contribution in [0.5, 0.6) is 0 Å². The molecule has 0 radical (unpaired) electrons. The monoisotopic (exact) mass is 294 g/mol. The van der Waals surface area contributed by atoms with Gasteiger partial charge in [-0.25, -0.2) is 4.98 Å². The third-order valence-corrected chi connectivity index (χ3v) is 5.34. The molecule has 2 rings (SSSR count). The SMILES string of the molecule is CCCNC(Cc1nc(C)c(C)s1)c1cscc1C. The zero-order valence-electron chi connectivity index (χ0n) is 12.1. The number of hydrogen-bond acceptors (Lipinski definition) is 4. The minimum atomic E-state index is 0.399. The van der Waals surface area contributed by atoms with Gasteiger partial charge in [-0.2, -0.15) is 11.3 Å². The Kier molecular flexibility index (Phi) is 5.13. The zero-order valence-corrected chi connectivity index (χ0v) is 13.8. The second-order valence-corrected chi connectivity index (χ2v) is 7.00. The summed E-state index contributed by atoms with van der Waals surface area (Å²) in [4.78, 5) is 6.02. The van der Waals surface area contributed by atoms with Crippen molar-refractivity contribution in [2.45, 2.75) is 46.6 Å². The predicted molar refractivity (Wildman–Crippen MR) is 85.4 cm³/mol. The van der Waals surface area contributed by atoms with Crippen LogP contribution in [0.1, 0.15) is 46.1 Å². The minimum absolute atomic E-state index is 0.399. The molecule has 2 aromatic heterocycles. The van der Waals surface area contributed by atoms with Crippen LogP contribution in [0.3, 0.4) is 0 Å². The molecule has 0 spiro atoms. The lowest BCUT2D eigenvalue weighted by Crippen LogP contribution is -2.24. The van der Waals surface area contributed by atoms with Crippen molar-refractivity contribution in [2.24, 2.45) is 0 Å². The van der Waals surface area contributed by atoms with Gasteiger partial charge in [0.05, 0.1) is 10.7 Å². The van der Waals surface area contributed by atoms with Crippen molar-refractivity contribution >= 4 is 22.7 Å². The first-order chi connectivity index (χ1) is 9.11. The van der Waals surface area contributed by atoms with Gasteiger partial charge in [0.1, 0.15) is 0 Å². The van der Waals surface area contributed by atoms with Crippen LogP contribution < -0.4 is 5.32 Å². The van der Waals surface area contributed by atoms with Gasteiger partial charge in [-0.05, 0) is 55.6 Å². The molecule has 19 heavy (non-hydrogen) atoms. The Morgan fingerprint density at radius 3 is 2.58 bits per heavy atom. The largest absolute Gasteiger partial charge is 0.310 e. The molecule has 2 heterocycles. The molecule has 0 saturated heterocycles. The van der Waals surface area contributed by atoms with Gasteiger partial charge >= 0.3 is 0 Å². The molecular formula is C15H22N2S2. The Labute approximate surface area is 123 Å². The average molecular weight is 294 g/mol. The van der Waals surface area contributed by atoms with Crippen molar-refractivity contribution in [3.8, 4) is 0 Å². The van der Waals surface area contributed by atoms with E-state index < -0.39 is 0 Å². The van der Waals surface area contributed by atoms with Crippen LogP contribution in [0.4, 0.5) is 0 Å². The standard InChI is InChI=1S/C15H22N2S2/c1-5-6-16-14(13-9-18-8-10(13)2)7-15-17-11(3)12(4)19-15/h8-9,14,16H,5-7H2,1-4H3. The van der Waals surface area contributed by atoms with Crippen LogP contribution in [-0.4, -0.2) is 11.5 Å². The number of nitrogens with one attached hydrogen (secondary N) is 1. The molecule has 0 bridgehead atoms. The highest BCUT2D eigenvalue weighted by Gasteiger charge is 2.17. The highest BCUT2D eigenvalue weighted by atomic mass is 32.1. The Balaban J connectivity index is 2.16. The number of thiophene rings is 1. The highest BCUT2D eigenvalue weighted by Crippen LogP contribution is 2.27. The van der Waals surface area contributed by atoms with Crippen LogP contribution >= 0.6 is 22.7 Å². The van der Waals surface area contributed by atoms with E-state index >= 15 is 0 Å². The maximum Gasteiger partial charge on any atom is 0.0949 e. The molecule has 1 N–H and O–H groups in total. The van der Waals surface area contributed by atoms with Crippen LogP contribution in [0.2, 0.25) is 0 Å². The number of aryl methyl sites for hydroxylation is 3. The van der Waals surface area contributed by atoms with Gasteiger partial charge in [-0.15, -0.1) is 11.3 Å². The van der Waals surface area contributed by atoms with Gasteiger partial charge in [-0.3, -0.25) is 0 Å². The molecule has 0 fully saturated rings. The first-order valence-electron chi connectivity index (χ1n) is 6.80. The number of nitrogens with zero attached hydrogens (tertiary/aromatic N) is 1. The second kappa shape index (κ2) is 6.64. The molecule has 104 valence electrons. The smallest absolute Gasteiger partial charge is 0.0949 e. The lowest BCUT2D eigenvalue weighted by Gasteiger charge is -2.17. The molecular weight excluding hydrogens is 272 g/mol. The molecule has 0 aliphatic carbocycles. The van der Waals surface area contributed by atoms with Crippen LogP contribution in [0.15, 0.2) is 10.8 Å². The third-order valence-electron chi connectivity index (χ3n) is 3.36. The molecule has 0 aliphatic rings. The number of hydrogen-bond donors (Lipinski definition) is 1. The van der Waals surface area contributed by atoms with E-state index in [0.717, 1.165) is 19.4 Å². The molecule has 0 amide bonds. The second-order valence-electron chi connectivity index (χ2n) is 4.97. The summed E-state index contributed by atoms with van der Waals surface area (Å²) in [6.45, 7) is 9.72. The molecule has 2 nitrogen and oxygen atoms in total. The van der Waals surface area contributed by atoms with E-state index in [1.807, 2.05) is 11.3 Å². The summed E-state index contributed by atoms with van der Waals surface area (Å²) in [6.07, 6.45) is 2.16. The summed E-state index contributed by atoms with van der Waals surface area (Å²) in [5.74, 6) is 0. The highest BCUT2D eigenvalue weighted by molar-refractivity contribution is 7.11. The quantitative estimate of drug-likeness (QED) is 0.853. The molecule has 0 aliphatic heterocycles. The first kappa shape index (κ1) is 14.7. The van der Waals surface area contributed by atoms with Crippen molar-refractivity contribution in [3.63, 3.8) is 0 Å². The van der Waals surface area contributed by atoms with E-state index in [9.17, 15) is 0 Å². The summed E-state index contributed by atoms with van der Waals surface area (Å²) in [5, 5.41) is 9.41. The maximum absolute atomic E-state index is 4.68. The normalized spacial score (nSPS) is 12.8. The average Bonchev–Trinajstić information content (AvgIpc) is 2.92. The van der Waals surface area contributed by atoms with E-state index in [2.05, 4.69) is 48.8 Å².